The molecule has 3 nitrogen and oxygen atoms in total. The molecule has 0 N–H and O–H groups in total. The van der Waals surface area contributed by atoms with E-state index in [9.17, 15) is 5.26 Å². The normalized spacial score (nSPS) is 12.4. The summed E-state index contributed by atoms with van der Waals surface area (Å²) in [7, 11) is 0. The standard InChI is InChI=1S/C14H19NO2/c1-3-16-14(17-4-2)10-13(11-15)12-8-6-5-7-9-12/h5-9,13-14H,3-4,10H2,1-2H3/t13-/m0/s1. The summed E-state index contributed by atoms with van der Waals surface area (Å²) in [5, 5.41) is 9.20. The van der Waals surface area contributed by atoms with Gasteiger partial charge in [0.15, 0.2) is 6.29 Å². The van der Waals surface area contributed by atoms with Gasteiger partial charge in [0.1, 0.15) is 0 Å². The molecule has 0 aliphatic carbocycles. The molecule has 0 bridgehead atoms. The highest BCUT2D eigenvalue weighted by molar-refractivity contribution is 5.24. The quantitative estimate of drug-likeness (QED) is 0.680. The topological polar surface area (TPSA) is 42.2 Å². The fourth-order valence-corrected chi connectivity index (χ4v) is 1.70. The summed E-state index contributed by atoms with van der Waals surface area (Å²) in [5.74, 6) is -0.181. The average molecular weight is 233 g/mol. The van der Waals surface area contributed by atoms with E-state index in [0.717, 1.165) is 5.56 Å². The molecule has 0 spiro atoms. The summed E-state index contributed by atoms with van der Waals surface area (Å²) in [6, 6.07) is 12.1. The van der Waals surface area contributed by atoms with Crippen molar-refractivity contribution in [3.8, 4) is 6.07 Å². The summed E-state index contributed by atoms with van der Waals surface area (Å²) >= 11 is 0. The minimum Gasteiger partial charge on any atom is -0.353 e. The molecule has 1 aromatic carbocycles. The van der Waals surface area contributed by atoms with E-state index in [0.29, 0.717) is 19.6 Å². The van der Waals surface area contributed by atoms with Crippen molar-refractivity contribution in [2.75, 3.05) is 13.2 Å². The van der Waals surface area contributed by atoms with Gasteiger partial charge in [0.25, 0.3) is 0 Å². The van der Waals surface area contributed by atoms with Crippen molar-refractivity contribution in [3.05, 3.63) is 35.9 Å². The molecule has 0 heterocycles. The Bertz CT molecular complexity index is 339. The molecule has 0 fully saturated rings. The van der Waals surface area contributed by atoms with Gasteiger partial charge in [0.2, 0.25) is 0 Å². The molecular formula is C14H19NO2. The van der Waals surface area contributed by atoms with Gasteiger partial charge in [-0.3, -0.25) is 0 Å². The predicted molar refractivity (Wildman–Crippen MR) is 66.5 cm³/mol. The number of hydrogen-bond donors (Lipinski definition) is 0. The monoisotopic (exact) mass is 233 g/mol. The largest absolute Gasteiger partial charge is 0.353 e. The zero-order valence-corrected chi connectivity index (χ0v) is 10.4. The molecule has 0 aliphatic rings. The molecular weight excluding hydrogens is 214 g/mol. The summed E-state index contributed by atoms with van der Waals surface area (Å²) in [4.78, 5) is 0. The van der Waals surface area contributed by atoms with E-state index in [1.807, 2.05) is 44.2 Å². The van der Waals surface area contributed by atoms with E-state index in [-0.39, 0.29) is 12.2 Å². The summed E-state index contributed by atoms with van der Waals surface area (Å²) in [6.45, 7) is 5.04. The molecule has 0 radical (unpaired) electrons. The Labute approximate surface area is 103 Å². The molecule has 0 saturated heterocycles. The van der Waals surface area contributed by atoms with Crippen molar-refractivity contribution in [2.24, 2.45) is 0 Å². The van der Waals surface area contributed by atoms with E-state index >= 15 is 0 Å². The number of benzene rings is 1. The van der Waals surface area contributed by atoms with Crippen LogP contribution < -0.4 is 0 Å². The van der Waals surface area contributed by atoms with Gasteiger partial charge in [-0.1, -0.05) is 30.3 Å². The number of nitrogens with zero attached hydrogens (tertiary/aromatic N) is 1. The molecule has 0 unspecified atom stereocenters. The number of nitriles is 1. The van der Waals surface area contributed by atoms with Crippen molar-refractivity contribution in [3.63, 3.8) is 0 Å². The maximum atomic E-state index is 9.20. The lowest BCUT2D eigenvalue weighted by atomic mass is 9.97. The van der Waals surface area contributed by atoms with E-state index in [2.05, 4.69) is 6.07 Å². The molecule has 3 heteroatoms. The van der Waals surface area contributed by atoms with E-state index in [1.54, 1.807) is 0 Å². The first-order chi connectivity index (χ1) is 8.31. The van der Waals surface area contributed by atoms with E-state index < -0.39 is 0 Å². The van der Waals surface area contributed by atoms with E-state index in [4.69, 9.17) is 9.47 Å². The molecule has 0 saturated carbocycles. The van der Waals surface area contributed by atoms with Crippen LogP contribution in [-0.2, 0) is 9.47 Å². The van der Waals surface area contributed by atoms with Gasteiger partial charge in [-0.2, -0.15) is 5.26 Å². The van der Waals surface area contributed by atoms with Gasteiger partial charge in [0, 0.05) is 19.6 Å². The van der Waals surface area contributed by atoms with Crippen LogP contribution in [0, 0.1) is 11.3 Å². The highest BCUT2D eigenvalue weighted by Crippen LogP contribution is 2.22. The lowest BCUT2D eigenvalue weighted by Gasteiger charge is -2.19. The minimum atomic E-state index is -0.296. The minimum absolute atomic E-state index is 0.181. The van der Waals surface area contributed by atoms with Crippen molar-refractivity contribution in [1.82, 2.24) is 0 Å². The van der Waals surface area contributed by atoms with Crippen LogP contribution in [0.5, 0.6) is 0 Å². The summed E-state index contributed by atoms with van der Waals surface area (Å²) in [6.07, 6.45) is 0.275. The Morgan fingerprint density at radius 3 is 2.18 bits per heavy atom. The van der Waals surface area contributed by atoms with Crippen LogP contribution in [0.1, 0.15) is 31.7 Å². The molecule has 92 valence electrons. The van der Waals surface area contributed by atoms with Crippen LogP contribution in [0.3, 0.4) is 0 Å². The maximum Gasteiger partial charge on any atom is 0.159 e. The second-order valence-corrected chi connectivity index (χ2v) is 3.67. The Balaban J connectivity index is 2.65. The first-order valence-corrected chi connectivity index (χ1v) is 5.99. The first-order valence-electron chi connectivity index (χ1n) is 5.99. The van der Waals surface area contributed by atoms with Gasteiger partial charge in [0.05, 0.1) is 12.0 Å². The van der Waals surface area contributed by atoms with Crippen LogP contribution in [0.15, 0.2) is 30.3 Å². The molecule has 1 aromatic rings. The molecule has 0 aliphatic heterocycles. The fourth-order valence-electron chi connectivity index (χ4n) is 1.70. The Kier molecular flexibility index (Phi) is 6.31. The van der Waals surface area contributed by atoms with Gasteiger partial charge >= 0.3 is 0 Å². The molecule has 17 heavy (non-hydrogen) atoms. The second kappa shape index (κ2) is 7.83. The third-order valence-electron chi connectivity index (χ3n) is 2.49. The van der Waals surface area contributed by atoms with Gasteiger partial charge in [-0.25, -0.2) is 0 Å². The zero-order valence-electron chi connectivity index (χ0n) is 10.4. The highest BCUT2D eigenvalue weighted by Gasteiger charge is 2.18. The number of rotatable bonds is 7. The van der Waals surface area contributed by atoms with E-state index in [1.165, 1.54) is 0 Å². The second-order valence-electron chi connectivity index (χ2n) is 3.67. The van der Waals surface area contributed by atoms with Crippen LogP contribution in [0.25, 0.3) is 0 Å². The Morgan fingerprint density at radius 2 is 1.71 bits per heavy atom. The lowest BCUT2D eigenvalue weighted by Crippen LogP contribution is -2.20. The Morgan fingerprint density at radius 1 is 1.12 bits per heavy atom. The molecule has 1 atom stereocenters. The predicted octanol–water partition coefficient (Wildman–Crippen LogP) is 3.08. The number of hydrogen-bond acceptors (Lipinski definition) is 3. The molecule has 0 amide bonds. The SMILES string of the molecule is CCOC(C[C@@H](C#N)c1ccccc1)OCC. The van der Waals surface area contributed by atoms with Gasteiger partial charge < -0.3 is 9.47 Å². The number of ether oxygens (including phenoxy) is 2. The van der Waals surface area contributed by atoms with Gasteiger partial charge in [-0.15, -0.1) is 0 Å². The lowest BCUT2D eigenvalue weighted by molar-refractivity contribution is -0.140. The first kappa shape index (κ1) is 13.7. The van der Waals surface area contributed by atoms with Crippen molar-refractivity contribution >= 4 is 0 Å². The van der Waals surface area contributed by atoms with Crippen molar-refractivity contribution in [1.29, 1.82) is 5.26 Å². The van der Waals surface area contributed by atoms with Crippen LogP contribution >= 0.6 is 0 Å². The highest BCUT2D eigenvalue weighted by atomic mass is 16.7. The van der Waals surface area contributed by atoms with Crippen LogP contribution in [0.2, 0.25) is 0 Å². The van der Waals surface area contributed by atoms with Crippen LogP contribution in [0.4, 0.5) is 0 Å². The summed E-state index contributed by atoms with van der Waals surface area (Å²) in [5.41, 5.74) is 1.01. The summed E-state index contributed by atoms with van der Waals surface area (Å²) < 4.78 is 10.9. The molecule has 1 rings (SSSR count). The van der Waals surface area contributed by atoms with Crippen molar-refractivity contribution < 1.29 is 9.47 Å². The average Bonchev–Trinajstić information content (AvgIpc) is 2.37. The fraction of sp³-hybridized carbons (Fsp3) is 0.500. The third-order valence-corrected chi connectivity index (χ3v) is 2.49. The smallest absolute Gasteiger partial charge is 0.159 e. The van der Waals surface area contributed by atoms with Crippen molar-refractivity contribution in [2.45, 2.75) is 32.5 Å². The zero-order chi connectivity index (χ0) is 12.5. The maximum absolute atomic E-state index is 9.20. The van der Waals surface area contributed by atoms with Crippen LogP contribution in [-0.4, -0.2) is 19.5 Å². The third kappa shape index (κ3) is 4.56. The Hall–Kier alpha value is -1.37. The molecule has 0 aromatic heterocycles. The van der Waals surface area contributed by atoms with Gasteiger partial charge in [-0.05, 0) is 19.4 Å².